The zero-order valence-corrected chi connectivity index (χ0v) is 16.4. The number of nitrogens with one attached hydrogen (secondary N) is 1. The van der Waals surface area contributed by atoms with E-state index < -0.39 is 11.9 Å². The van der Waals surface area contributed by atoms with Crippen LogP contribution >= 0.6 is 23.2 Å². The zero-order chi connectivity index (χ0) is 20.3. The quantitative estimate of drug-likeness (QED) is 0.611. The number of esters is 1. The minimum absolute atomic E-state index is 0.0215. The van der Waals surface area contributed by atoms with E-state index >= 15 is 0 Å². The Hall–Kier alpha value is -3.04. The second-order valence-corrected chi connectivity index (χ2v) is 6.33. The van der Waals surface area contributed by atoms with Gasteiger partial charge in [0, 0.05) is 13.2 Å². The predicted molar refractivity (Wildman–Crippen MR) is 102 cm³/mol. The van der Waals surface area contributed by atoms with Crippen molar-refractivity contribution in [1.29, 1.82) is 0 Å². The number of methoxy groups -OCH3 is 1. The first-order chi connectivity index (χ1) is 13.4. The minimum atomic E-state index is -0.618. The Balaban J connectivity index is 1.68. The van der Waals surface area contributed by atoms with Crippen molar-refractivity contribution in [2.45, 2.75) is 6.73 Å². The van der Waals surface area contributed by atoms with E-state index in [9.17, 15) is 9.59 Å². The van der Waals surface area contributed by atoms with Crippen LogP contribution in [0.2, 0.25) is 10.0 Å². The van der Waals surface area contributed by atoms with Gasteiger partial charge in [-0.05, 0) is 18.2 Å². The Labute approximate surface area is 169 Å². The van der Waals surface area contributed by atoms with Gasteiger partial charge >= 0.3 is 5.97 Å². The van der Waals surface area contributed by atoms with Crippen molar-refractivity contribution in [3.63, 3.8) is 0 Å². The van der Waals surface area contributed by atoms with Gasteiger partial charge in [-0.25, -0.2) is 9.48 Å². The lowest BCUT2D eigenvalue weighted by atomic mass is 10.3. The summed E-state index contributed by atoms with van der Waals surface area (Å²) in [5.74, 6) is -0.737. The molecule has 0 unspecified atom stereocenters. The molecule has 0 aliphatic heterocycles. The monoisotopic (exact) mass is 423 g/mol. The molecular weight excluding hydrogens is 409 g/mol. The van der Waals surface area contributed by atoms with Gasteiger partial charge in [0.1, 0.15) is 10.8 Å². The summed E-state index contributed by atoms with van der Waals surface area (Å²) >= 11 is 12.0. The van der Waals surface area contributed by atoms with Crippen molar-refractivity contribution in [2.75, 3.05) is 12.4 Å². The SMILES string of the molecule is COC(=O)c1c(NC(=O)c2ccn(COc3cccc(Cl)c3Cl)n2)cnn1C. The topological polar surface area (TPSA) is 100 Å². The normalized spacial score (nSPS) is 10.6. The maximum absolute atomic E-state index is 12.4. The van der Waals surface area contributed by atoms with Gasteiger partial charge in [-0.1, -0.05) is 29.3 Å². The highest BCUT2D eigenvalue weighted by Crippen LogP contribution is 2.31. The summed E-state index contributed by atoms with van der Waals surface area (Å²) in [4.78, 5) is 24.2. The average Bonchev–Trinajstić information content (AvgIpc) is 3.29. The van der Waals surface area contributed by atoms with Gasteiger partial charge in [0.15, 0.2) is 18.1 Å². The fourth-order valence-corrected chi connectivity index (χ4v) is 2.69. The van der Waals surface area contributed by atoms with Crippen molar-refractivity contribution in [1.82, 2.24) is 19.6 Å². The van der Waals surface area contributed by atoms with E-state index in [0.717, 1.165) is 0 Å². The number of carbonyl (C=O) groups is 2. The molecule has 0 bridgehead atoms. The maximum atomic E-state index is 12.4. The third-order valence-electron chi connectivity index (χ3n) is 3.71. The number of halogens is 2. The van der Waals surface area contributed by atoms with E-state index in [-0.39, 0.29) is 23.8 Å². The number of carbonyl (C=O) groups excluding carboxylic acids is 2. The molecule has 9 nitrogen and oxygen atoms in total. The first-order valence-corrected chi connectivity index (χ1v) is 8.68. The van der Waals surface area contributed by atoms with E-state index in [4.69, 9.17) is 32.7 Å². The molecule has 2 heterocycles. The summed E-state index contributed by atoms with van der Waals surface area (Å²) in [5, 5.41) is 11.3. The van der Waals surface area contributed by atoms with Crippen LogP contribution in [0.25, 0.3) is 0 Å². The van der Waals surface area contributed by atoms with Gasteiger partial charge in [-0.3, -0.25) is 9.48 Å². The van der Waals surface area contributed by atoms with E-state index in [1.54, 1.807) is 31.4 Å². The van der Waals surface area contributed by atoms with Crippen molar-refractivity contribution in [3.05, 3.63) is 58.1 Å². The Morgan fingerprint density at radius 2 is 2.04 bits per heavy atom. The van der Waals surface area contributed by atoms with Crippen LogP contribution in [0.5, 0.6) is 5.75 Å². The number of aryl methyl sites for hydroxylation is 1. The van der Waals surface area contributed by atoms with Gasteiger partial charge in [-0.2, -0.15) is 10.2 Å². The standard InChI is InChI=1S/C17H15Cl2N5O4/c1-23-15(17(26)27-2)12(8-20-23)21-16(25)11-6-7-24(22-11)9-28-13-5-3-4-10(18)14(13)19/h3-8H,9H2,1-2H3,(H,21,25). The molecule has 0 atom stereocenters. The number of anilines is 1. The summed E-state index contributed by atoms with van der Waals surface area (Å²) < 4.78 is 13.0. The number of hydrogen-bond acceptors (Lipinski definition) is 6. The van der Waals surface area contributed by atoms with Crippen LogP contribution in [-0.4, -0.2) is 38.5 Å². The van der Waals surface area contributed by atoms with Crippen molar-refractivity contribution < 1.29 is 19.1 Å². The highest BCUT2D eigenvalue weighted by atomic mass is 35.5. The molecule has 3 rings (SSSR count). The molecule has 0 aliphatic carbocycles. The Kier molecular flexibility index (Phi) is 5.86. The van der Waals surface area contributed by atoms with Gasteiger partial charge in [0.05, 0.1) is 24.0 Å². The number of nitrogens with zero attached hydrogens (tertiary/aromatic N) is 4. The molecule has 11 heteroatoms. The third-order valence-corrected chi connectivity index (χ3v) is 4.51. The van der Waals surface area contributed by atoms with Crippen LogP contribution in [0.1, 0.15) is 21.0 Å². The lowest BCUT2D eigenvalue weighted by molar-refractivity contribution is 0.0589. The Bertz CT molecular complexity index is 1030. The van der Waals surface area contributed by atoms with Gasteiger partial charge in [-0.15, -0.1) is 0 Å². The van der Waals surface area contributed by atoms with Crippen LogP contribution in [-0.2, 0) is 18.5 Å². The van der Waals surface area contributed by atoms with Crippen molar-refractivity contribution in [3.8, 4) is 5.75 Å². The van der Waals surface area contributed by atoms with E-state index in [2.05, 4.69) is 15.5 Å². The predicted octanol–water partition coefficient (Wildman–Crippen LogP) is 3.00. The van der Waals surface area contributed by atoms with Crippen LogP contribution in [0.4, 0.5) is 5.69 Å². The van der Waals surface area contributed by atoms with Gasteiger partial charge in [0.25, 0.3) is 5.91 Å². The number of hydrogen-bond donors (Lipinski definition) is 1. The molecule has 0 radical (unpaired) electrons. The summed E-state index contributed by atoms with van der Waals surface area (Å²) in [7, 11) is 2.81. The largest absolute Gasteiger partial charge is 0.470 e. The third kappa shape index (κ3) is 4.10. The highest BCUT2D eigenvalue weighted by molar-refractivity contribution is 6.42. The summed E-state index contributed by atoms with van der Waals surface area (Å²) in [6, 6.07) is 6.53. The number of rotatable bonds is 6. The summed E-state index contributed by atoms with van der Waals surface area (Å²) in [6.45, 7) is 0.0215. The van der Waals surface area contributed by atoms with E-state index in [1.807, 2.05) is 0 Å². The number of ether oxygens (including phenoxy) is 2. The van der Waals surface area contributed by atoms with Crippen LogP contribution in [0.3, 0.4) is 0 Å². The molecule has 1 amide bonds. The Morgan fingerprint density at radius 3 is 2.79 bits per heavy atom. The second-order valence-electron chi connectivity index (χ2n) is 5.54. The Morgan fingerprint density at radius 1 is 1.25 bits per heavy atom. The molecule has 0 saturated heterocycles. The number of benzene rings is 1. The van der Waals surface area contributed by atoms with Crippen LogP contribution < -0.4 is 10.1 Å². The molecule has 0 aliphatic rings. The van der Waals surface area contributed by atoms with Crippen LogP contribution in [0.15, 0.2) is 36.7 Å². The first kappa shape index (κ1) is 19.7. The lowest BCUT2D eigenvalue weighted by Gasteiger charge is -2.08. The first-order valence-electron chi connectivity index (χ1n) is 7.92. The molecule has 3 aromatic rings. The summed E-state index contributed by atoms with van der Waals surface area (Å²) in [6.07, 6.45) is 2.92. The van der Waals surface area contributed by atoms with Gasteiger partial charge < -0.3 is 14.8 Å². The molecular formula is C17H15Cl2N5O4. The second kappa shape index (κ2) is 8.32. The smallest absolute Gasteiger partial charge is 0.358 e. The molecule has 0 spiro atoms. The maximum Gasteiger partial charge on any atom is 0.358 e. The average molecular weight is 424 g/mol. The molecule has 0 saturated carbocycles. The van der Waals surface area contributed by atoms with E-state index in [0.29, 0.717) is 15.8 Å². The molecule has 1 aromatic carbocycles. The van der Waals surface area contributed by atoms with Crippen LogP contribution in [0, 0.1) is 0 Å². The number of aromatic nitrogens is 4. The van der Waals surface area contributed by atoms with Crippen molar-refractivity contribution in [2.24, 2.45) is 7.05 Å². The van der Waals surface area contributed by atoms with E-state index in [1.165, 1.54) is 28.7 Å². The number of amides is 1. The fourth-order valence-electron chi connectivity index (χ4n) is 2.34. The van der Waals surface area contributed by atoms with Gasteiger partial charge in [0.2, 0.25) is 0 Å². The molecule has 1 N–H and O–H groups in total. The molecule has 28 heavy (non-hydrogen) atoms. The molecule has 2 aromatic heterocycles. The molecule has 146 valence electrons. The molecule has 0 fully saturated rings. The minimum Gasteiger partial charge on any atom is -0.470 e. The van der Waals surface area contributed by atoms with Crippen molar-refractivity contribution >= 4 is 40.8 Å². The lowest BCUT2D eigenvalue weighted by Crippen LogP contribution is -2.17. The summed E-state index contributed by atoms with van der Waals surface area (Å²) in [5.41, 5.74) is 0.463. The highest BCUT2D eigenvalue weighted by Gasteiger charge is 2.20. The zero-order valence-electron chi connectivity index (χ0n) is 14.8. The fraction of sp³-hybridized carbons (Fsp3) is 0.176.